The molecule has 0 fully saturated rings. The Balaban J connectivity index is 0.000000230. The zero-order chi connectivity index (χ0) is 43.8. The Morgan fingerprint density at radius 2 is 1.07 bits per heavy atom. The summed E-state index contributed by atoms with van der Waals surface area (Å²) in [7, 11) is -3.75. The summed E-state index contributed by atoms with van der Waals surface area (Å²) >= 11 is 14.3. The lowest BCUT2D eigenvalue weighted by Gasteiger charge is -2.07. The molecule has 312 valence electrons. The van der Waals surface area contributed by atoms with Crippen molar-refractivity contribution in [1.82, 2.24) is 9.97 Å². The molecule has 0 aliphatic rings. The molecular weight excluding hydrogens is 902 g/mol. The van der Waals surface area contributed by atoms with E-state index < -0.39 is 33.6 Å². The van der Waals surface area contributed by atoms with Gasteiger partial charge in [-0.05, 0) is 48.5 Å². The van der Waals surface area contributed by atoms with Gasteiger partial charge < -0.3 is 14.6 Å². The van der Waals surface area contributed by atoms with E-state index >= 15 is 0 Å². The van der Waals surface area contributed by atoms with Crippen molar-refractivity contribution < 1.29 is 53.5 Å². The molecule has 0 bridgehead atoms. The van der Waals surface area contributed by atoms with Gasteiger partial charge in [0.05, 0.1) is 66.3 Å². The minimum atomic E-state index is -4.46. The Kier molecular flexibility index (Phi) is 14.8. The van der Waals surface area contributed by atoms with Gasteiger partial charge in [-0.15, -0.1) is 22.7 Å². The predicted octanol–water partition coefficient (Wildman–Crippen LogP) is 10.8. The zero-order valence-electron chi connectivity index (χ0n) is 30.4. The summed E-state index contributed by atoms with van der Waals surface area (Å²) in [6, 6.07) is 22.1. The first-order valence-electron chi connectivity index (χ1n) is 16.7. The van der Waals surface area contributed by atoms with Gasteiger partial charge in [0.15, 0.2) is 0 Å². The number of aliphatic hydroxyl groups excluding tert-OH is 1. The van der Waals surface area contributed by atoms with Crippen LogP contribution in [-0.4, -0.2) is 29.7 Å². The maximum atomic E-state index is 12.8. The molecule has 0 atom stereocenters. The van der Waals surface area contributed by atoms with E-state index in [0.29, 0.717) is 53.7 Å². The quantitative estimate of drug-likeness (QED) is 0.0926. The van der Waals surface area contributed by atoms with Crippen LogP contribution in [-0.2, 0) is 53.1 Å². The Labute approximate surface area is 356 Å². The second-order valence-corrected chi connectivity index (χ2v) is 16.8. The summed E-state index contributed by atoms with van der Waals surface area (Å²) in [5.41, 5.74) is 0.679. The van der Waals surface area contributed by atoms with E-state index in [4.69, 9.17) is 47.4 Å². The fraction of sp³-hybridized carbons (Fsp3) is 0.179. The lowest BCUT2D eigenvalue weighted by molar-refractivity contribution is -0.138. The van der Waals surface area contributed by atoms with E-state index in [-0.39, 0.29) is 47.7 Å². The van der Waals surface area contributed by atoms with Gasteiger partial charge in [0, 0.05) is 23.3 Å². The lowest BCUT2D eigenvalue weighted by Crippen LogP contribution is -2.05. The topological polar surface area (TPSA) is 155 Å². The Morgan fingerprint density at radius 1 is 0.667 bits per heavy atom. The second-order valence-electron chi connectivity index (χ2n) is 12.1. The molecule has 0 saturated carbocycles. The largest absolute Gasteiger partial charge is 0.488 e. The lowest BCUT2D eigenvalue weighted by atomic mass is 10.1. The third-order valence-corrected chi connectivity index (χ3v) is 11.3. The highest BCUT2D eigenvalue weighted by molar-refractivity contribution is 7.85. The van der Waals surface area contributed by atoms with Crippen molar-refractivity contribution in [2.75, 3.05) is 6.26 Å². The van der Waals surface area contributed by atoms with Gasteiger partial charge in [0.1, 0.15) is 53.5 Å². The van der Waals surface area contributed by atoms with Gasteiger partial charge in [-0.25, -0.2) is 9.97 Å². The molecule has 0 saturated heterocycles. The maximum Gasteiger partial charge on any atom is 0.416 e. The number of halogens is 8. The van der Waals surface area contributed by atoms with Crippen LogP contribution in [0.5, 0.6) is 11.5 Å². The SMILES string of the molecule is CS(=O)(=O)OCc1nc(-c2ccc(C(F)(F)F)cc2)sc1COc1ccc(C#N)c(Cl)c1.N#Cc1ccc(OCc2sc(-c3ccc(C(F)(F)F)cc3)nc2CO)cc1Cl. The molecule has 10 nitrogen and oxygen atoms in total. The molecule has 60 heavy (non-hydrogen) atoms. The smallest absolute Gasteiger partial charge is 0.416 e. The van der Waals surface area contributed by atoms with Crippen LogP contribution in [0.2, 0.25) is 10.0 Å². The van der Waals surface area contributed by atoms with Gasteiger partial charge in [-0.3, -0.25) is 4.18 Å². The Bertz CT molecular complexity index is 2660. The van der Waals surface area contributed by atoms with Crippen molar-refractivity contribution in [1.29, 1.82) is 10.5 Å². The number of rotatable bonds is 12. The average molecular weight is 928 g/mol. The summed E-state index contributed by atoms with van der Waals surface area (Å²) in [5.74, 6) is 0.811. The molecule has 0 radical (unpaired) electrons. The highest BCUT2D eigenvalue weighted by Crippen LogP contribution is 2.36. The van der Waals surface area contributed by atoms with Crippen LogP contribution < -0.4 is 9.47 Å². The number of aliphatic hydroxyl groups is 1. The van der Waals surface area contributed by atoms with Gasteiger partial charge in [0.2, 0.25) is 0 Å². The number of nitrogens with zero attached hydrogens (tertiary/aromatic N) is 4. The van der Waals surface area contributed by atoms with Crippen LogP contribution in [0, 0.1) is 22.7 Å². The standard InChI is InChI=1S/C20H14ClF3N2O4S2.C19H12ClF3N2O2S/c1-32(27,28)30-10-17-18(11-29-15-7-4-13(9-25)16(21)8-15)31-19(26-17)12-2-5-14(6-3-12)20(22,23)24;20-15-7-14(6-3-12(15)8-24)27-10-17-16(9-26)25-18(28-17)11-1-4-13(5-2-11)19(21,22)23/h2-8H,10-11H2,1H3;1-7,26H,9-10H2. The van der Waals surface area contributed by atoms with Crippen LogP contribution in [0.1, 0.15) is 43.4 Å². The van der Waals surface area contributed by atoms with Crippen molar-refractivity contribution in [2.24, 2.45) is 0 Å². The first kappa shape index (κ1) is 45.8. The molecule has 0 aliphatic heterocycles. The number of ether oxygens (including phenoxy) is 2. The minimum absolute atomic E-state index is 0.0248. The van der Waals surface area contributed by atoms with Crippen LogP contribution >= 0.6 is 45.9 Å². The molecular formula is C39H26Cl2F6N4O6S3. The molecule has 1 N–H and O–H groups in total. The van der Waals surface area contributed by atoms with Crippen molar-refractivity contribution in [3.05, 3.63) is 138 Å². The number of thiazole rings is 2. The number of hydrogen-bond acceptors (Lipinski definition) is 12. The van der Waals surface area contributed by atoms with E-state index in [1.807, 2.05) is 12.1 Å². The molecule has 6 aromatic rings. The van der Waals surface area contributed by atoms with Crippen LogP contribution in [0.4, 0.5) is 26.3 Å². The highest BCUT2D eigenvalue weighted by atomic mass is 35.5. The summed E-state index contributed by atoms with van der Waals surface area (Å²) in [4.78, 5) is 9.77. The van der Waals surface area contributed by atoms with Gasteiger partial charge in [-0.2, -0.15) is 45.3 Å². The molecule has 0 amide bonds. The first-order valence-corrected chi connectivity index (χ1v) is 20.9. The summed E-state index contributed by atoms with van der Waals surface area (Å²) < 4.78 is 115. The molecule has 0 spiro atoms. The predicted molar refractivity (Wildman–Crippen MR) is 212 cm³/mol. The number of benzene rings is 4. The molecule has 6 rings (SSSR count). The second kappa shape index (κ2) is 19.4. The normalized spacial score (nSPS) is 11.6. The first-order chi connectivity index (χ1) is 28.3. The fourth-order valence-electron chi connectivity index (χ4n) is 4.89. The number of alkyl halides is 6. The van der Waals surface area contributed by atoms with E-state index in [1.165, 1.54) is 59.9 Å². The highest BCUT2D eigenvalue weighted by Gasteiger charge is 2.31. The van der Waals surface area contributed by atoms with E-state index in [9.17, 15) is 39.9 Å². The van der Waals surface area contributed by atoms with E-state index in [0.717, 1.165) is 41.9 Å². The van der Waals surface area contributed by atoms with Crippen LogP contribution in [0.3, 0.4) is 0 Å². The number of hydrogen-bond donors (Lipinski definition) is 1. The van der Waals surface area contributed by atoms with E-state index in [1.54, 1.807) is 12.1 Å². The van der Waals surface area contributed by atoms with Crippen molar-refractivity contribution in [3.8, 4) is 44.8 Å². The Hall–Kier alpha value is -5.25. The molecule has 2 heterocycles. The minimum Gasteiger partial charge on any atom is -0.488 e. The monoisotopic (exact) mass is 926 g/mol. The van der Waals surface area contributed by atoms with Crippen LogP contribution in [0.25, 0.3) is 21.1 Å². The van der Waals surface area contributed by atoms with Crippen molar-refractivity contribution >= 4 is 56.0 Å². The summed E-state index contributed by atoms with van der Waals surface area (Å²) in [6.07, 6.45) is -7.97. The van der Waals surface area contributed by atoms with Gasteiger partial charge in [-0.1, -0.05) is 47.5 Å². The maximum absolute atomic E-state index is 12.8. The molecule has 0 aliphatic carbocycles. The van der Waals surface area contributed by atoms with Crippen LogP contribution in [0.15, 0.2) is 84.9 Å². The number of nitriles is 2. The average Bonchev–Trinajstić information content (AvgIpc) is 3.82. The summed E-state index contributed by atoms with van der Waals surface area (Å²) in [6.45, 7) is -0.619. The van der Waals surface area contributed by atoms with E-state index in [2.05, 4.69) is 9.97 Å². The molecule has 4 aromatic carbocycles. The van der Waals surface area contributed by atoms with Gasteiger partial charge >= 0.3 is 12.4 Å². The summed E-state index contributed by atoms with van der Waals surface area (Å²) in [5, 5.41) is 28.7. The third kappa shape index (κ3) is 12.4. The Morgan fingerprint density at radius 3 is 1.42 bits per heavy atom. The van der Waals surface area contributed by atoms with Gasteiger partial charge in [0.25, 0.3) is 10.1 Å². The number of aromatic nitrogens is 2. The zero-order valence-corrected chi connectivity index (χ0v) is 34.4. The molecule has 21 heteroatoms. The third-order valence-electron chi connectivity index (χ3n) is 7.90. The van der Waals surface area contributed by atoms with Crippen molar-refractivity contribution in [3.63, 3.8) is 0 Å². The van der Waals surface area contributed by atoms with Crippen molar-refractivity contribution in [2.45, 2.75) is 38.8 Å². The fourth-order valence-corrected chi connectivity index (χ4v) is 7.62. The molecule has 0 unspecified atom stereocenters. The molecule has 2 aromatic heterocycles.